The molecule has 6 nitrogen and oxygen atoms in total. The Morgan fingerprint density at radius 2 is 2.04 bits per heavy atom. The number of hydrogen-bond acceptors (Lipinski definition) is 4. The number of benzene rings is 1. The Hall–Kier alpha value is -2.24. The predicted molar refractivity (Wildman–Crippen MR) is 93.9 cm³/mol. The lowest BCUT2D eigenvalue weighted by atomic mass is 9.97. The topological polar surface area (TPSA) is 59.1 Å². The number of carbonyl (C=O) groups is 2. The van der Waals surface area contributed by atoms with E-state index in [1.807, 2.05) is 23.1 Å². The molecule has 2 heterocycles. The van der Waals surface area contributed by atoms with Crippen LogP contribution in [-0.4, -0.2) is 62.0 Å². The number of para-hydroxylation sites is 1. The van der Waals surface area contributed by atoms with E-state index in [2.05, 4.69) is 0 Å². The van der Waals surface area contributed by atoms with E-state index in [1.54, 1.807) is 19.1 Å². The molecule has 2 aliphatic heterocycles. The van der Waals surface area contributed by atoms with Crippen LogP contribution in [0.15, 0.2) is 18.2 Å². The van der Waals surface area contributed by atoms with E-state index < -0.39 is 0 Å². The van der Waals surface area contributed by atoms with Crippen molar-refractivity contribution < 1.29 is 19.1 Å². The average Bonchev–Trinajstić information content (AvgIpc) is 3.13. The maximum atomic E-state index is 12.6. The van der Waals surface area contributed by atoms with Gasteiger partial charge in [0, 0.05) is 37.5 Å². The minimum absolute atomic E-state index is 0.0413. The number of rotatable bonds is 5. The van der Waals surface area contributed by atoms with Gasteiger partial charge in [0.15, 0.2) is 11.5 Å². The molecular weight excluding hydrogens is 320 g/mol. The first-order valence-electron chi connectivity index (χ1n) is 8.90. The van der Waals surface area contributed by atoms with Gasteiger partial charge in [-0.05, 0) is 25.3 Å². The van der Waals surface area contributed by atoms with Crippen molar-refractivity contribution >= 4 is 11.8 Å². The van der Waals surface area contributed by atoms with Crippen molar-refractivity contribution in [2.45, 2.75) is 31.6 Å². The summed E-state index contributed by atoms with van der Waals surface area (Å²) in [6, 6.07) is 5.86. The molecule has 0 spiro atoms. The van der Waals surface area contributed by atoms with E-state index in [0.717, 1.165) is 30.6 Å². The monoisotopic (exact) mass is 346 g/mol. The SMILES string of the molecule is COc1cccc(C2CCN(C(=O)CN3CCCCC3=O)C2)c1OC. The molecule has 1 unspecified atom stereocenters. The van der Waals surface area contributed by atoms with Gasteiger partial charge in [0.25, 0.3) is 0 Å². The highest BCUT2D eigenvalue weighted by molar-refractivity contribution is 5.85. The van der Waals surface area contributed by atoms with E-state index in [4.69, 9.17) is 9.47 Å². The van der Waals surface area contributed by atoms with Gasteiger partial charge < -0.3 is 19.3 Å². The molecule has 0 aliphatic carbocycles. The van der Waals surface area contributed by atoms with Crippen LogP contribution in [0.4, 0.5) is 0 Å². The first-order valence-corrected chi connectivity index (χ1v) is 8.90. The number of piperidine rings is 1. The summed E-state index contributed by atoms with van der Waals surface area (Å²) in [5.74, 6) is 1.83. The summed E-state index contributed by atoms with van der Waals surface area (Å²) >= 11 is 0. The van der Waals surface area contributed by atoms with Crippen LogP contribution < -0.4 is 9.47 Å². The normalized spacial score (nSPS) is 20.7. The Morgan fingerprint density at radius 3 is 2.76 bits per heavy atom. The quantitative estimate of drug-likeness (QED) is 0.819. The molecule has 2 aliphatic rings. The van der Waals surface area contributed by atoms with E-state index >= 15 is 0 Å². The molecule has 1 atom stereocenters. The Balaban J connectivity index is 1.65. The standard InChI is InChI=1S/C19H26N2O4/c1-24-16-7-5-6-15(19(16)25-2)14-9-11-21(12-14)18(23)13-20-10-4-3-8-17(20)22/h5-7,14H,3-4,8-13H2,1-2H3. The second kappa shape index (κ2) is 7.76. The van der Waals surface area contributed by atoms with Crippen LogP contribution in [0.1, 0.15) is 37.2 Å². The highest BCUT2D eigenvalue weighted by Crippen LogP contribution is 2.39. The second-order valence-electron chi connectivity index (χ2n) is 6.68. The summed E-state index contributed by atoms with van der Waals surface area (Å²) in [5.41, 5.74) is 1.08. The lowest BCUT2D eigenvalue weighted by Gasteiger charge is -2.28. The van der Waals surface area contributed by atoms with Crippen LogP contribution in [0.5, 0.6) is 11.5 Å². The highest BCUT2D eigenvalue weighted by Gasteiger charge is 2.31. The van der Waals surface area contributed by atoms with Gasteiger partial charge in [0.2, 0.25) is 11.8 Å². The number of likely N-dealkylation sites (tertiary alicyclic amines) is 2. The molecule has 3 rings (SSSR count). The van der Waals surface area contributed by atoms with Crippen LogP contribution in [0.25, 0.3) is 0 Å². The van der Waals surface area contributed by atoms with Crippen molar-refractivity contribution in [1.82, 2.24) is 9.80 Å². The third-order valence-corrected chi connectivity index (χ3v) is 5.16. The Labute approximate surface area is 148 Å². The van der Waals surface area contributed by atoms with Gasteiger partial charge in [-0.25, -0.2) is 0 Å². The zero-order valence-corrected chi connectivity index (χ0v) is 15.0. The van der Waals surface area contributed by atoms with Crippen molar-refractivity contribution in [3.63, 3.8) is 0 Å². The zero-order chi connectivity index (χ0) is 17.8. The number of hydrogen-bond donors (Lipinski definition) is 0. The number of nitrogens with zero attached hydrogens (tertiary/aromatic N) is 2. The van der Waals surface area contributed by atoms with Gasteiger partial charge in [0.1, 0.15) is 0 Å². The lowest BCUT2D eigenvalue weighted by molar-refractivity contribution is -0.141. The zero-order valence-electron chi connectivity index (χ0n) is 15.0. The maximum absolute atomic E-state index is 12.6. The van der Waals surface area contributed by atoms with E-state index in [0.29, 0.717) is 31.8 Å². The number of carbonyl (C=O) groups excluding carboxylic acids is 2. The second-order valence-corrected chi connectivity index (χ2v) is 6.68. The van der Waals surface area contributed by atoms with Gasteiger partial charge in [-0.15, -0.1) is 0 Å². The molecule has 25 heavy (non-hydrogen) atoms. The number of amides is 2. The van der Waals surface area contributed by atoms with Gasteiger partial charge in [-0.1, -0.05) is 12.1 Å². The third-order valence-electron chi connectivity index (χ3n) is 5.16. The van der Waals surface area contributed by atoms with Crippen molar-refractivity contribution in [2.75, 3.05) is 40.4 Å². The van der Waals surface area contributed by atoms with Crippen molar-refractivity contribution in [3.8, 4) is 11.5 Å². The molecule has 2 saturated heterocycles. The fourth-order valence-electron chi connectivity index (χ4n) is 3.77. The molecule has 0 bridgehead atoms. The largest absolute Gasteiger partial charge is 0.493 e. The van der Waals surface area contributed by atoms with Crippen LogP contribution in [0.2, 0.25) is 0 Å². The first-order chi connectivity index (χ1) is 12.1. The Bertz CT molecular complexity index is 646. The molecule has 0 aromatic heterocycles. The minimum atomic E-state index is 0.0413. The molecule has 1 aromatic carbocycles. The third kappa shape index (κ3) is 3.72. The summed E-state index contributed by atoms with van der Waals surface area (Å²) in [5, 5.41) is 0. The fraction of sp³-hybridized carbons (Fsp3) is 0.579. The summed E-state index contributed by atoms with van der Waals surface area (Å²) in [4.78, 5) is 28.1. The average molecular weight is 346 g/mol. The maximum Gasteiger partial charge on any atom is 0.242 e. The molecule has 2 fully saturated rings. The minimum Gasteiger partial charge on any atom is -0.493 e. The van der Waals surface area contributed by atoms with Crippen LogP contribution >= 0.6 is 0 Å². The Morgan fingerprint density at radius 1 is 1.20 bits per heavy atom. The van der Waals surface area contributed by atoms with Crippen molar-refractivity contribution in [3.05, 3.63) is 23.8 Å². The van der Waals surface area contributed by atoms with E-state index in [-0.39, 0.29) is 24.3 Å². The van der Waals surface area contributed by atoms with E-state index in [1.165, 1.54) is 0 Å². The summed E-state index contributed by atoms with van der Waals surface area (Å²) in [6.45, 7) is 2.28. The molecule has 2 amide bonds. The Kier molecular flexibility index (Phi) is 5.46. The molecule has 0 radical (unpaired) electrons. The van der Waals surface area contributed by atoms with Gasteiger partial charge in [-0.2, -0.15) is 0 Å². The lowest BCUT2D eigenvalue weighted by Crippen LogP contribution is -2.44. The number of methoxy groups -OCH3 is 2. The fourth-order valence-corrected chi connectivity index (χ4v) is 3.77. The van der Waals surface area contributed by atoms with E-state index in [9.17, 15) is 9.59 Å². The van der Waals surface area contributed by atoms with Gasteiger partial charge in [0.05, 0.1) is 20.8 Å². The number of ether oxygens (including phenoxy) is 2. The molecule has 0 saturated carbocycles. The van der Waals surface area contributed by atoms with Gasteiger partial charge in [-0.3, -0.25) is 9.59 Å². The van der Waals surface area contributed by atoms with Crippen molar-refractivity contribution in [2.24, 2.45) is 0 Å². The molecule has 6 heteroatoms. The first kappa shape index (κ1) is 17.6. The smallest absolute Gasteiger partial charge is 0.242 e. The van der Waals surface area contributed by atoms with Crippen molar-refractivity contribution in [1.29, 1.82) is 0 Å². The summed E-state index contributed by atoms with van der Waals surface area (Å²) in [7, 11) is 3.27. The summed E-state index contributed by atoms with van der Waals surface area (Å²) in [6.07, 6.45) is 3.38. The summed E-state index contributed by atoms with van der Waals surface area (Å²) < 4.78 is 10.9. The molecule has 1 aromatic rings. The van der Waals surface area contributed by atoms with Crippen LogP contribution in [0.3, 0.4) is 0 Å². The molecule has 0 N–H and O–H groups in total. The van der Waals surface area contributed by atoms with Crippen LogP contribution in [-0.2, 0) is 9.59 Å². The molecular formula is C19H26N2O4. The van der Waals surface area contributed by atoms with Gasteiger partial charge >= 0.3 is 0 Å². The van der Waals surface area contributed by atoms with Crippen LogP contribution in [0, 0.1) is 0 Å². The predicted octanol–water partition coefficient (Wildman–Crippen LogP) is 2.03. The highest BCUT2D eigenvalue weighted by atomic mass is 16.5. The molecule has 136 valence electrons.